The van der Waals surface area contributed by atoms with Crippen LogP contribution in [-0.4, -0.2) is 21.3 Å². The number of pyridine rings is 1. The van der Waals surface area contributed by atoms with Gasteiger partial charge in [-0.2, -0.15) is 0 Å². The number of carbonyl (C=O) groups is 1. The lowest BCUT2D eigenvalue weighted by Gasteiger charge is -2.03. The molecule has 1 fully saturated rings. The fourth-order valence-corrected chi connectivity index (χ4v) is 1.56. The smallest absolute Gasteiger partial charge is 0.251 e. The Balaban J connectivity index is 1.91. The van der Waals surface area contributed by atoms with Gasteiger partial charge in [-0.3, -0.25) is 4.79 Å². The predicted octanol–water partition coefficient (Wildman–Crippen LogP) is 1.23. The summed E-state index contributed by atoms with van der Waals surface area (Å²) in [4.78, 5) is 15.7. The molecular weight excluding hydrogens is 190 g/mol. The van der Waals surface area contributed by atoms with Crippen LogP contribution in [0.2, 0.25) is 0 Å². The first-order valence-electron chi connectivity index (χ1n) is 5.05. The molecule has 15 heavy (non-hydrogen) atoms. The summed E-state index contributed by atoms with van der Waals surface area (Å²) in [6.45, 7) is 0. The zero-order chi connectivity index (χ0) is 10.3. The van der Waals surface area contributed by atoms with Crippen LogP contribution >= 0.6 is 0 Å². The Morgan fingerprint density at radius 3 is 3.20 bits per heavy atom. The summed E-state index contributed by atoms with van der Waals surface area (Å²) in [6, 6.07) is 4.07. The maximum absolute atomic E-state index is 11.7. The third kappa shape index (κ3) is 1.58. The molecule has 0 aliphatic heterocycles. The largest absolute Gasteiger partial charge is 0.349 e. The minimum absolute atomic E-state index is 0.0150. The van der Waals surface area contributed by atoms with Gasteiger partial charge >= 0.3 is 0 Å². The first-order chi connectivity index (χ1) is 7.33. The molecule has 0 atom stereocenters. The van der Waals surface area contributed by atoms with Crippen LogP contribution in [0.1, 0.15) is 23.2 Å². The molecule has 2 aromatic heterocycles. The summed E-state index contributed by atoms with van der Waals surface area (Å²) in [5, 5.41) is 2.96. The fourth-order valence-electron chi connectivity index (χ4n) is 1.56. The van der Waals surface area contributed by atoms with Crippen molar-refractivity contribution in [1.29, 1.82) is 0 Å². The lowest BCUT2D eigenvalue weighted by Crippen LogP contribution is -2.25. The van der Waals surface area contributed by atoms with E-state index in [1.54, 1.807) is 12.5 Å². The van der Waals surface area contributed by atoms with E-state index in [1.807, 2.05) is 22.7 Å². The number of amides is 1. The van der Waals surface area contributed by atoms with E-state index in [1.165, 1.54) is 0 Å². The first kappa shape index (κ1) is 8.47. The second kappa shape index (κ2) is 3.08. The van der Waals surface area contributed by atoms with Crippen molar-refractivity contribution in [3.63, 3.8) is 0 Å². The fraction of sp³-hybridized carbons (Fsp3) is 0.273. The Kier molecular flexibility index (Phi) is 1.74. The van der Waals surface area contributed by atoms with Crippen molar-refractivity contribution in [2.75, 3.05) is 0 Å². The SMILES string of the molecule is O=C(NC1CC1)c1ccn2cncc2c1. The summed E-state index contributed by atoms with van der Waals surface area (Å²) in [5.41, 5.74) is 1.65. The summed E-state index contributed by atoms with van der Waals surface area (Å²) in [6.07, 6.45) is 7.54. The van der Waals surface area contributed by atoms with Gasteiger partial charge in [-0.1, -0.05) is 0 Å². The monoisotopic (exact) mass is 201 g/mol. The number of aromatic nitrogens is 2. The van der Waals surface area contributed by atoms with Crippen molar-refractivity contribution < 1.29 is 4.79 Å². The topological polar surface area (TPSA) is 46.4 Å². The Hall–Kier alpha value is -1.84. The normalized spacial score (nSPS) is 15.5. The molecule has 0 saturated heterocycles. The van der Waals surface area contributed by atoms with Gasteiger partial charge in [0.25, 0.3) is 5.91 Å². The molecule has 4 nitrogen and oxygen atoms in total. The van der Waals surface area contributed by atoms with E-state index in [9.17, 15) is 4.79 Å². The number of imidazole rings is 1. The van der Waals surface area contributed by atoms with Crippen molar-refractivity contribution in [2.24, 2.45) is 0 Å². The number of fused-ring (bicyclic) bond motifs is 1. The molecule has 0 bridgehead atoms. The van der Waals surface area contributed by atoms with Crippen LogP contribution in [0.15, 0.2) is 30.9 Å². The van der Waals surface area contributed by atoms with Gasteiger partial charge in [-0.05, 0) is 25.0 Å². The Morgan fingerprint density at radius 1 is 1.53 bits per heavy atom. The van der Waals surface area contributed by atoms with Gasteiger partial charge in [0.05, 0.1) is 18.0 Å². The van der Waals surface area contributed by atoms with Crippen LogP contribution in [-0.2, 0) is 0 Å². The maximum Gasteiger partial charge on any atom is 0.251 e. The van der Waals surface area contributed by atoms with E-state index < -0.39 is 0 Å². The molecule has 2 heterocycles. The zero-order valence-corrected chi connectivity index (χ0v) is 8.18. The van der Waals surface area contributed by atoms with Crippen LogP contribution in [0.25, 0.3) is 5.52 Å². The summed E-state index contributed by atoms with van der Waals surface area (Å²) in [5.74, 6) is 0.0150. The van der Waals surface area contributed by atoms with Gasteiger partial charge in [0.1, 0.15) is 0 Å². The Morgan fingerprint density at radius 2 is 2.40 bits per heavy atom. The van der Waals surface area contributed by atoms with Gasteiger partial charge in [0, 0.05) is 17.8 Å². The maximum atomic E-state index is 11.7. The number of carbonyl (C=O) groups excluding carboxylic acids is 1. The summed E-state index contributed by atoms with van der Waals surface area (Å²) < 4.78 is 1.88. The third-order valence-corrected chi connectivity index (χ3v) is 2.59. The summed E-state index contributed by atoms with van der Waals surface area (Å²) in [7, 11) is 0. The molecule has 3 rings (SSSR count). The molecule has 4 heteroatoms. The molecule has 0 radical (unpaired) electrons. The average molecular weight is 201 g/mol. The highest BCUT2D eigenvalue weighted by molar-refractivity contribution is 5.95. The quantitative estimate of drug-likeness (QED) is 0.794. The highest BCUT2D eigenvalue weighted by atomic mass is 16.1. The molecule has 1 N–H and O–H groups in total. The molecule has 0 spiro atoms. The molecule has 76 valence electrons. The number of hydrogen-bond acceptors (Lipinski definition) is 2. The van der Waals surface area contributed by atoms with Crippen molar-refractivity contribution in [3.05, 3.63) is 36.4 Å². The minimum atomic E-state index is 0.0150. The molecule has 0 aromatic carbocycles. The van der Waals surface area contributed by atoms with Crippen LogP contribution in [0.5, 0.6) is 0 Å². The highest BCUT2D eigenvalue weighted by Gasteiger charge is 2.23. The number of nitrogens with zero attached hydrogens (tertiary/aromatic N) is 2. The lowest BCUT2D eigenvalue weighted by atomic mass is 10.2. The van der Waals surface area contributed by atoms with Crippen molar-refractivity contribution in [1.82, 2.24) is 14.7 Å². The Labute approximate surface area is 86.9 Å². The highest BCUT2D eigenvalue weighted by Crippen LogP contribution is 2.19. The molecule has 1 aliphatic rings. The lowest BCUT2D eigenvalue weighted by molar-refractivity contribution is 0.0951. The molecule has 1 amide bonds. The molecule has 2 aromatic rings. The third-order valence-electron chi connectivity index (χ3n) is 2.59. The molecule has 1 saturated carbocycles. The minimum Gasteiger partial charge on any atom is -0.349 e. The first-order valence-corrected chi connectivity index (χ1v) is 5.05. The van der Waals surface area contributed by atoms with Crippen molar-refractivity contribution >= 4 is 11.4 Å². The molecular formula is C11H11N3O. The second-order valence-corrected chi connectivity index (χ2v) is 3.89. The van der Waals surface area contributed by atoms with E-state index in [0.717, 1.165) is 18.4 Å². The van der Waals surface area contributed by atoms with Gasteiger partial charge in [0.15, 0.2) is 0 Å². The van der Waals surface area contributed by atoms with Gasteiger partial charge in [-0.25, -0.2) is 4.98 Å². The van der Waals surface area contributed by atoms with Gasteiger partial charge in [-0.15, -0.1) is 0 Å². The average Bonchev–Trinajstić information content (AvgIpc) is 2.94. The van der Waals surface area contributed by atoms with Crippen LogP contribution in [0, 0.1) is 0 Å². The van der Waals surface area contributed by atoms with E-state index in [2.05, 4.69) is 10.3 Å². The zero-order valence-electron chi connectivity index (χ0n) is 8.18. The second-order valence-electron chi connectivity index (χ2n) is 3.89. The van der Waals surface area contributed by atoms with Crippen molar-refractivity contribution in [3.8, 4) is 0 Å². The van der Waals surface area contributed by atoms with E-state index in [0.29, 0.717) is 11.6 Å². The Bertz CT molecular complexity index is 513. The van der Waals surface area contributed by atoms with E-state index in [4.69, 9.17) is 0 Å². The van der Waals surface area contributed by atoms with Crippen molar-refractivity contribution in [2.45, 2.75) is 18.9 Å². The summed E-state index contributed by atoms with van der Waals surface area (Å²) >= 11 is 0. The molecule has 1 aliphatic carbocycles. The van der Waals surface area contributed by atoms with E-state index in [-0.39, 0.29) is 5.91 Å². The van der Waals surface area contributed by atoms with Crippen LogP contribution in [0.4, 0.5) is 0 Å². The number of nitrogens with one attached hydrogen (secondary N) is 1. The van der Waals surface area contributed by atoms with Gasteiger partial charge < -0.3 is 9.72 Å². The standard InChI is InChI=1S/C11H11N3O/c15-11(13-9-1-2-9)8-3-4-14-7-12-6-10(14)5-8/h3-7,9H,1-2H2,(H,13,15). The number of rotatable bonds is 2. The predicted molar refractivity (Wildman–Crippen MR) is 55.7 cm³/mol. The van der Waals surface area contributed by atoms with Crippen LogP contribution < -0.4 is 5.32 Å². The molecule has 0 unspecified atom stereocenters. The van der Waals surface area contributed by atoms with E-state index >= 15 is 0 Å². The van der Waals surface area contributed by atoms with Gasteiger partial charge in [0.2, 0.25) is 0 Å². The number of hydrogen-bond donors (Lipinski definition) is 1. The van der Waals surface area contributed by atoms with Crippen LogP contribution in [0.3, 0.4) is 0 Å².